The number of carboxylic acids is 2. The summed E-state index contributed by atoms with van der Waals surface area (Å²) in [6.07, 6.45) is 10.1. The quantitative estimate of drug-likeness (QED) is 0.116. The van der Waals surface area contributed by atoms with Crippen LogP contribution in [-0.2, 0) is 19.1 Å². The van der Waals surface area contributed by atoms with E-state index in [1.165, 1.54) is 80.5 Å². The zero-order chi connectivity index (χ0) is 58.8. The van der Waals surface area contributed by atoms with E-state index in [2.05, 4.69) is 72.3 Å². The lowest BCUT2D eigenvalue weighted by Gasteiger charge is -2.27. The molecule has 4 aliphatic rings. The number of fused-ring (bicyclic) bond motifs is 2. The third kappa shape index (κ3) is 14.0. The number of hydrogen-bond donors (Lipinski definition) is 3. The van der Waals surface area contributed by atoms with Gasteiger partial charge in [0.05, 0.1) is 41.6 Å². The van der Waals surface area contributed by atoms with Gasteiger partial charge in [0.1, 0.15) is 50.4 Å². The van der Waals surface area contributed by atoms with E-state index in [1.54, 1.807) is 78.1 Å². The molecule has 2 amide bonds. The van der Waals surface area contributed by atoms with Gasteiger partial charge in [-0.05, 0) is 131 Å². The maximum atomic E-state index is 12.9. The van der Waals surface area contributed by atoms with Crippen molar-refractivity contribution in [2.24, 2.45) is 11.8 Å². The van der Waals surface area contributed by atoms with Gasteiger partial charge in [0.2, 0.25) is 5.28 Å². The lowest BCUT2D eigenvalue weighted by Crippen LogP contribution is -2.45. The van der Waals surface area contributed by atoms with Gasteiger partial charge in [-0.25, -0.2) is 34.1 Å². The first-order valence-electron chi connectivity index (χ1n) is 28.6. The van der Waals surface area contributed by atoms with Gasteiger partial charge in [0.15, 0.2) is 0 Å². The lowest BCUT2D eigenvalue weighted by atomic mass is 9.87. The molecule has 0 unspecified atom stereocenters. The molecule has 2 aliphatic heterocycles. The highest BCUT2D eigenvalue weighted by atomic mass is 35.5. The van der Waals surface area contributed by atoms with E-state index in [9.17, 15) is 29.4 Å². The second-order valence-electron chi connectivity index (χ2n) is 24.6. The highest BCUT2D eigenvalue weighted by Gasteiger charge is 2.49. The van der Waals surface area contributed by atoms with E-state index >= 15 is 0 Å². The fourth-order valence-corrected chi connectivity index (χ4v) is 13.8. The van der Waals surface area contributed by atoms with Crippen LogP contribution in [0.1, 0.15) is 183 Å². The zero-order valence-corrected chi connectivity index (χ0v) is 51.2. The van der Waals surface area contributed by atoms with Gasteiger partial charge in [-0.1, -0.05) is 64.5 Å². The maximum Gasteiger partial charge on any atom is 0.411 e. The summed E-state index contributed by atoms with van der Waals surface area (Å²) in [5.41, 5.74) is 6.87. The number of para-hydroxylation sites is 2. The molecule has 3 N–H and O–H groups in total. The van der Waals surface area contributed by atoms with Crippen molar-refractivity contribution in [2.75, 3.05) is 13.1 Å². The summed E-state index contributed by atoms with van der Waals surface area (Å²) in [4.78, 5) is 69.9. The van der Waals surface area contributed by atoms with E-state index in [1.807, 2.05) is 16.7 Å². The second-order valence-corrected chi connectivity index (χ2v) is 26.7. The number of aromatic nitrogens is 6. The van der Waals surface area contributed by atoms with Crippen molar-refractivity contribution < 1.29 is 48.7 Å². The van der Waals surface area contributed by atoms with Crippen LogP contribution in [0.2, 0.25) is 5.28 Å². The number of hydrogen-bond acceptors (Lipinski definition) is 14. The van der Waals surface area contributed by atoms with Crippen LogP contribution in [0.5, 0.6) is 6.01 Å². The van der Waals surface area contributed by atoms with Crippen molar-refractivity contribution >= 4 is 80.5 Å². The maximum absolute atomic E-state index is 12.9. The Morgan fingerprint density at radius 2 is 1.05 bits per heavy atom. The van der Waals surface area contributed by atoms with Crippen LogP contribution in [0, 0.1) is 11.8 Å². The third-order valence-corrected chi connectivity index (χ3v) is 17.6. The minimum Gasteiger partial charge on any atom is -0.480 e. The monoisotopic (exact) mass is 1170 g/mol. The summed E-state index contributed by atoms with van der Waals surface area (Å²) in [5, 5.41) is 35.6. The number of benzene rings is 2. The minimum atomic E-state index is -1.13. The molecule has 2 saturated heterocycles. The minimum absolute atomic E-state index is 0.00690. The van der Waals surface area contributed by atoms with Gasteiger partial charge in [0, 0.05) is 57.6 Å². The van der Waals surface area contributed by atoms with Crippen LogP contribution in [-0.4, -0.2) is 127 Å². The first kappa shape index (κ1) is 61.2. The Balaban J connectivity index is 0.000000177. The fraction of sp³-hybridized carbons (Fsp3) is 0.600. The molecule has 10 rings (SSSR count). The Labute approximate surface area is 488 Å². The number of imidazole rings is 2. The number of likely N-dealkylation sites (tertiary alicyclic amines) is 2. The number of rotatable bonds is 10. The number of aliphatic hydroxyl groups excluding tert-OH is 1. The molecular weight excluding hydrogens is 1090 g/mol. The summed E-state index contributed by atoms with van der Waals surface area (Å²) in [6, 6.07) is 11.0. The predicted molar refractivity (Wildman–Crippen MR) is 317 cm³/mol. The second kappa shape index (κ2) is 25.3. The molecule has 2 saturated carbocycles. The molecule has 18 nitrogen and oxygen atoms in total. The van der Waals surface area contributed by atoms with Crippen LogP contribution in [0.15, 0.2) is 47.2 Å². The van der Waals surface area contributed by atoms with Crippen LogP contribution in [0.25, 0.3) is 43.2 Å². The number of carbonyl (C=O) groups is 4. The normalized spacial score (nSPS) is 22.0. The average molecular weight is 1170 g/mol. The number of nitrogens with zero attached hydrogens (tertiary/aromatic N) is 8. The fourth-order valence-electron chi connectivity index (χ4n) is 11.5. The Hall–Kier alpha value is -5.83. The van der Waals surface area contributed by atoms with E-state index in [-0.39, 0.29) is 25.2 Å². The van der Waals surface area contributed by atoms with Crippen molar-refractivity contribution in [3.8, 4) is 27.2 Å². The smallest absolute Gasteiger partial charge is 0.411 e. The van der Waals surface area contributed by atoms with Crippen molar-refractivity contribution in [3.63, 3.8) is 0 Å². The van der Waals surface area contributed by atoms with Crippen molar-refractivity contribution in [1.29, 1.82) is 0 Å². The van der Waals surface area contributed by atoms with Crippen molar-refractivity contribution in [2.45, 2.75) is 207 Å². The van der Waals surface area contributed by atoms with Gasteiger partial charge < -0.3 is 34.1 Å². The topological polar surface area (TPSA) is 225 Å². The number of β-amino-alcohol motifs (C(OH)–C–C–N with tert-alkyl or cyclic N) is 1. The number of amides is 2. The number of aliphatic carboxylic acids is 2. The third-order valence-electron chi connectivity index (χ3n) is 15.6. The first-order chi connectivity index (χ1) is 38.2. The van der Waals surface area contributed by atoms with E-state index in [4.69, 9.17) is 45.9 Å². The van der Waals surface area contributed by atoms with Crippen LogP contribution in [0.3, 0.4) is 0 Å². The molecule has 2 aliphatic carbocycles. The molecule has 0 spiro atoms. The molecule has 21 heteroatoms. The van der Waals surface area contributed by atoms with Crippen molar-refractivity contribution in [3.05, 3.63) is 63.8 Å². The number of thiazole rings is 2. The summed E-state index contributed by atoms with van der Waals surface area (Å²) in [5.74, 6) is -2.01. The summed E-state index contributed by atoms with van der Waals surface area (Å²) in [7, 11) is 0. The molecule has 0 radical (unpaired) electrons. The van der Waals surface area contributed by atoms with Crippen LogP contribution in [0.4, 0.5) is 9.59 Å². The molecule has 4 fully saturated rings. The van der Waals surface area contributed by atoms with Gasteiger partial charge in [-0.15, -0.1) is 22.7 Å². The van der Waals surface area contributed by atoms with Gasteiger partial charge in [-0.2, -0.15) is 4.98 Å². The molecule has 6 aromatic rings. The Morgan fingerprint density at radius 1 is 0.617 bits per heavy atom. The van der Waals surface area contributed by atoms with Gasteiger partial charge in [-0.3, -0.25) is 14.4 Å². The van der Waals surface area contributed by atoms with Gasteiger partial charge in [0.25, 0.3) is 6.01 Å². The SMILES string of the molecule is CC(C)n1c(Cl)nc2c(-c3nc(C4CCCCC4)cs3)cccc21.CC(C)n1c(O[C@H]2CN(C(=O)OC(C)(C)C)[C@H](C(=O)O)[C@@H]2C)nc2c(-c3nc(C4CCCCC4)cs3)cccc21.C[C@H]1[C@@H](C(=O)O)N(C(=O)OC(C)(C)C)C[C@@H]1O. The molecule has 6 atom stereocenters. The molecule has 6 heterocycles. The first-order valence-corrected chi connectivity index (χ1v) is 30.7. The summed E-state index contributed by atoms with van der Waals surface area (Å²) < 4.78 is 21.2. The lowest BCUT2D eigenvalue weighted by molar-refractivity contribution is -0.144. The largest absolute Gasteiger partial charge is 0.480 e. The highest BCUT2D eigenvalue weighted by molar-refractivity contribution is 7.13. The molecular formula is C60H81ClN8O10S2. The molecule has 2 aromatic carbocycles. The number of carbonyl (C=O) groups excluding carboxylic acids is 2. The van der Waals surface area contributed by atoms with E-state index < -0.39 is 71.5 Å². The Morgan fingerprint density at radius 3 is 1.49 bits per heavy atom. The standard InChI is InChI=1S/C30H40N4O5S.C19H22ClN3S.C11H19NO5/c1-17(2)34-22-14-10-13-20(26-31-21(16-40-26)19-11-8-7-9-12-19)24(22)32-28(34)38-23-15-33(25(18(23)3)27(35)36)29(37)39-30(4,5)6;1-12(2)23-16-10-6-9-14(17(16)22-19(23)20)18-21-15(11-24-18)13-7-4-3-5-8-13;1-6-7(13)5-12(8(6)9(14)15)10(16)17-11(2,3)4/h10,13-14,16-19,23,25H,7-9,11-12,15H2,1-6H3,(H,35,36);6,9-13H,3-5,7-8H2,1-2H3;6-8,13H,5H2,1-4H3,(H,14,15)/t18-,23+,25+;;6-,7+,8+/m1.1/s1. The van der Waals surface area contributed by atoms with Crippen LogP contribution < -0.4 is 4.74 Å². The van der Waals surface area contributed by atoms with Gasteiger partial charge >= 0.3 is 24.1 Å². The molecule has 4 aromatic heterocycles. The number of ether oxygens (including phenoxy) is 3. The Bertz CT molecular complexity index is 3180. The highest BCUT2D eigenvalue weighted by Crippen LogP contribution is 2.41. The number of halogens is 1. The summed E-state index contributed by atoms with van der Waals surface area (Å²) >= 11 is 9.77. The average Bonchev–Trinajstić information content (AvgIpc) is 3.95. The Kier molecular flexibility index (Phi) is 19.2. The van der Waals surface area contributed by atoms with Crippen LogP contribution >= 0.6 is 34.3 Å². The van der Waals surface area contributed by atoms with E-state index in [0.29, 0.717) is 23.1 Å². The zero-order valence-electron chi connectivity index (χ0n) is 48.8. The predicted octanol–water partition coefficient (Wildman–Crippen LogP) is 14.0. The molecule has 0 bridgehead atoms. The number of carboxylic acid groups (broad SMARTS) is 2. The van der Waals surface area contributed by atoms with E-state index in [0.717, 1.165) is 48.1 Å². The molecule has 440 valence electrons. The summed E-state index contributed by atoms with van der Waals surface area (Å²) in [6.45, 7) is 22.3. The number of aliphatic hydroxyl groups is 1. The van der Waals surface area contributed by atoms with Crippen molar-refractivity contribution in [1.82, 2.24) is 38.9 Å². The molecule has 81 heavy (non-hydrogen) atoms.